The molecule has 1 saturated heterocycles. The first-order chi connectivity index (χ1) is 16.5. The zero-order chi connectivity index (χ0) is 23.7. The van der Waals surface area contributed by atoms with Crippen LogP contribution in [-0.2, 0) is 9.53 Å². The second-order valence-corrected chi connectivity index (χ2v) is 8.18. The van der Waals surface area contributed by atoms with Crippen LogP contribution in [0.2, 0.25) is 0 Å². The first kappa shape index (κ1) is 21.9. The van der Waals surface area contributed by atoms with Crippen LogP contribution in [0, 0.1) is 12.8 Å². The Balaban J connectivity index is 1.33. The van der Waals surface area contributed by atoms with Crippen LogP contribution in [0.5, 0.6) is 11.5 Å². The Kier molecular flexibility index (Phi) is 5.87. The number of aromatic nitrogens is 4. The minimum Gasteiger partial charge on any atom is -0.466 e. The van der Waals surface area contributed by atoms with Crippen LogP contribution in [0.15, 0.2) is 36.7 Å². The lowest BCUT2D eigenvalue weighted by molar-refractivity contribution is -0.149. The average molecular weight is 463 g/mol. The molecule has 34 heavy (non-hydrogen) atoms. The summed E-state index contributed by atoms with van der Waals surface area (Å²) >= 11 is 0. The summed E-state index contributed by atoms with van der Waals surface area (Å²) in [6, 6.07) is 7.43. The van der Waals surface area contributed by atoms with Crippen molar-refractivity contribution in [3.05, 3.63) is 47.9 Å². The molecule has 0 N–H and O–H groups in total. The molecule has 0 radical (unpaired) electrons. The molecule has 176 valence electrons. The summed E-state index contributed by atoms with van der Waals surface area (Å²) in [4.78, 5) is 35.9. The number of esters is 1. The summed E-state index contributed by atoms with van der Waals surface area (Å²) in [6.45, 7) is 5.20. The van der Waals surface area contributed by atoms with Gasteiger partial charge in [0.15, 0.2) is 11.5 Å². The number of rotatable bonds is 5. The Bertz CT molecular complexity index is 1230. The van der Waals surface area contributed by atoms with Crippen molar-refractivity contribution in [3.8, 4) is 28.7 Å². The quantitative estimate of drug-likeness (QED) is 0.532. The second kappa shape index (κ2) is 9.12. The van der Waals surface area contributed by atoms with Gasteiger partial charge >= 0.3 is 5.97 Å². The Morgan fingerprint density at radius 3 is 2.74 bits per heavy atom. The summed E-state index contributed by atoms with van der Waals surface area (Å²) in [5.74, 6) is 1.30. The van der Waals surface area contributed by atoms with E-state index in [0.29, 0.717) is 66.9 Å². The molecule has 0 saturated carbocycles. The van der Waals surface area contributed by atoms with Crippen LogP contribution in [0.1, 0.15) is 35.8 Å². The zero-order valence-electron chi connectivity index (χ0n) is 19.1. The van der Waals surface area contributed by atoms with Crippen LogP contribution in [0.3, 0.4) is 0 Å². The summed E-state index contributed by atoms with van der Waals surface area (Å²) in [5, 5.41) is 4.39. The maximum atomic E-state index is 13.2. The third kappa shape index (κ3) is 4.07. The molecule has 10 nitrogen and oxygen atoms in total. The van der Waals surface area contributed by atoms with E-state index in [1.54, 1.807) is 35.0 Å². The summed E-state index contributed by atoms with van der Waals surface area (Å²) in [6.07, 6.45) is 4.40. The molecule has 0 bridgehead atoms. The smallest absolute Gasteiger partial charge is 0.309 e. The molecule has 1 aromatic carbocycles. The van der Waals surface area contributed by atoms with Crippen LogP contribution >= 0.6 is 0 Å². The van der Waals surface area contributed by atoms with Crippen molar-refractivity contribution < 1.29 is 23.8 Å². The molecule has 3 aromatic rings. The van der Waals surface area contributed by atoms with Crippen molar-refractivity contribution in [3.63, 3.8) is 0 Å². The van der Waals surface area contributed by atoms with E-state index >= 15 is 0 Å². The number of piperidine rings is 1. The Hall–Kier alpha value is -3.95. The van der Waals surface area contributed by atoms with Gasteiger partial charge in [-0.05, 0) is 51.0 Å². The van der Waals surface area contributed by atoms with Crippen LogP contribution < -0.4 is 9.47 Å². The maximum absolute atomic E-state index is 13.2. The van der Waals surface area contributed by atoms with Crippen LogP contribution in [-0.4, -0.2) is 63.0 Å². The molecule has 2 aliphatic heterocycles. The lowest BCUT2D eigenvalue weighted by atomic mass is 9.96. The van der Waals surface area contributed by atoms with E-state index in [1.165, 1.54) is 0 Å². The normalized spacial score (nSPS) is 15.4. The van der Waals surface area contributed by atoms with E-state index in [4.69, 9.17) is 14.2 Å². The largest absolute Gasteiger partial charge is 0.466 e. The number of carbonyl (C=O) groups excluding carboxylic acids is 2. The number of hydrogen-bond donors (Lipinski definition) is 0. The number of fused-ring (bicyclic) bond motifs is 1. The van der Waals surface area contributed by atoms with Crippen molar-refractivity contribution >= 4 is 11.9 Å². The molecular formula is C24H25N5O5. The first-order valence-electron chi connectivity index (χ1n) is 11.3. The Morgan fingerprint density at radius 2 is 1.94 bits per heavy atom. The molecule has 4 heterocycles. The molecule has 0 unspecified atom stereocenters. The zero-order valence-corrected chi connectivity index (χ0v) is 19.1. The van der Waals surface area contributed by atoms with Gasteiger partial charge in [-0.25, -0.2) is 14.6 Å². The van der Waals surface area contributed by atoms with Gasteiger partial charge in [-0.15, -0.1) is 0 Å². The predicted octanol–water partition coefficient (Wildman–Crippen LogP) is 2.78. The van der Waals surface area contributed by atoms with E-state index in [0.717, 1.165) is 5.56 Å². The predicted molar refractivity (Wildman–Crippen MR) is 121 cm³/mol. The van der Waals surface area contributed by atoms with Crippen molar-refractivity contribution in [2.45, 2.75) is 26.7 Å². The minimum absolute atomic E-state index is 0.113. The van der Waals surface area contributed by atoms with Crippen molar-refractivity contribution in [1.82, 2.24) is 24.6 Å². The number of ether oxygens (including phenoxy) is 3. The van der Waals surface area contributed by atoms with Gasteiger partial charge in [0, 0.05) is 24.8 Å². The highest BCUT2D eigenvalue weighted by Gasteiger charge is 2.30. The van der Waals surface area contributed by atoms with Crippen molar-refractivity contribution in [1.29, 1.82) is 0 Å². The number of hydrogen-bond acceptors (Lipinski definition) is 8. The van der Waals surface area contributed by atoms with Gasteiger partial charge in [-0.1, -0.05) is 0 Å². The highest BCUT2D eigenvalue weighted by Crippen LogP contribution is 2.35. The van der Waals surface area contributed by atoms with Crippen LogP contribution in [0.25, 0.3) is 17.2 Å². The monoisotopic (exact) mass is 463 g/mol. The molecule has 2 aromatic heterocycles. The highest BCUT2D eigenvalue weighted by atomic mass is 16.7. The molecular weight excluding hydrogens is 438 g/mol. The van der Waals surface area contributed by atoms with Gasteiger partial charge in [0.1, 0.15) is 0 Å². The molecule has 0 spiro atoms. The fourth-order valence-electron chi connectivity index (χ4n) is 4.24. The maximum Gasteiger partial charge on any atom is 0.309 e. The van der Waals surface area contributed by atoms with E-state index < -0.39 is 0 Å². The van der Waals surface area contributed by atoms with Gasteiger partial charge in [0.2, 0.25) is 6.79 Å². The topological polar surface area (TPSA) is 109 Å². The number of carbonyl (C=O) groups is 2. The Morgan fingerprint density at radius 1 is 1.15 bits per heavy atom. The van der Waals surface area contributed by atoms with Crippen molar-refractivity contribution in [2.24, 2.45) is 5.92 Å². The molecule has 1 amide bonds. The van der Waals surface area contributed by atoms with Gasteiger partial charge in [0.05, 0.1) is 35.7 Å². The van der Waals surface area contributed by atoms with Gasteiger partial charge in [-0.3, -0.25) is 9.59 Å². The number of benzene rings is 1. The van der Waals surface area contributed by atoms with Crippen LogP contribution in [0.4, 0.5) is 0 Å². The standard InChI is InChI=1S/C24H25N5O5/c1-3-32-23(31)16-7-10-28(11-8-16)22(30)18-13-26-29(15(18)2)24-25-9-6-19(27-24)17-4-5-20-21(12-17)34-14-33-20/h4-6,9,12-13,16H,3,7-8,10-11,14H2,1-2H3. The molecule has 5 rings (SSSR count). The molecule has 2 aliphatic rings. The van der Waals surface area contributed by atoms with Gasteiger partial charge in [0.25, 0.3) is 11.9 Å². The third-order valence-corrected chi connectivity index (χ3v) is 6.14. The molecule has 1 fully saturated rings. The van der Waals surface area contributed by atoms with E-state index in [2.05, 4.69) is 15.1 Å². The summed E-state index contributed by atoms with van der Waals surface area (Å²) in [5.41, 5.74) is 2.71. The minimum atomic E-state index is -0.182. The fourth-order valence-corrected chi connectivity index (χ4v) is 4.24. The van der Waals surface area contributed by atoms with E-state index in [9.17, 15) is 9.59 Å². The number of nitrogens with zero attached hydrogens (tertiary/aromatic N) is 5. The fraction of sp³-hybridized carbons (Fsp3) is 0.375. The number of likely N-dealkylation sites (tertiary alicyclic amines) is 1. The lowest BCUT2D eigenvalue weighted by Gasteiger charge is -2.30. The SMILES string of the molecule is CCOC(=O)C1CCN(C(=O)c2cnn(-c3nccc(-c4ccc5c(c4)OCO5)n3)c2C)CC1. The molecule has 0 atom stereocenters. The molecule has 10 heteroatoms. The summed E-state index contributed by atoms with van der Waals surface area (Å²) < 4.78 is 17.5. The molecule has 0 aliphatic carbocycles. The van der Waals surface area contributed by atoms with E-state index in [1.807, 2.05) is 25.1 Å². The lowest BCUT2D eigenvalue weighted by Crippen LogP contribution is -2.40. The van der Waals surface area contributed by atoms with Crippen molar-refractivity contribution in [2.75, 3.05) is 26.5 Å². The van der Waals surface area contributed by atoms with Gasteiger partial charge in [-0.2, -0.15) is 5.10 Å². The number of amides is 1. The highest BCUT2D eigenvalue weighted by molar-refractivity contribution is 5.95. The second-order valence-electron chi connectivity index (χ2n) is 8.18. The average Bonchev–Trinajstić information content (AvgIpc) is 3.50. The van der Waals surface area contributed by atoms with E-state index in [-0.39, 0.29) is 24.6 Å². The van der Waals surface area contributed by atoms with Gasteiger partial charge < -0.3 is 19.1 Å². The third-order valence-electron chi connectivity index (χ3n) is 6.14. The Labute approximate surface area is 196 Å². The summed E-state index contributed by atoms with van der Waals surface area (Å²) in [7, 11) is 0. The first-order valence-corrected chi connectivity index (χ1v) is 11.3.